The zero-order chi connectivity index (χ0) is 23.8. The molecule has 3 N–H and O–H groups in total. The number of aliphatic imine (C=N–C) groups is 1. The van der Waals surface area contributed by atoms with Crippen LogP contribution in [0.3, 0.4) is 0 Å². The Labute approximate surface area is 191 Å². The minimum absolute atomic E-state index is 0.0290. The van der Waals surface area contributed by atoms with Crippen LogP contribution in [-0.4, -0.2) is 71.2 Å². The van der Waals surface area contributed by atoms with Gasteiger partial charge >= 0.3 is 6.18 Å². The fourth-order valence-electron chi connectivity index (χ4n) is 3.95. The van der Waals surface area contributed by atoms with Gasteiger partial charge in [-0.1, -0.05) is 11.6 Å². The van der Waals surface area contributed by atoms with Crippen molar-refractivity contribution in [2.75, 3.05) is 26.2 Å². The third kappa shape index (κ3) is 5.06. The van der Waals surface area contributed by atoms with E-state index in [4.69, 9.17) is 16.3 Å². The van der Waals surface area contributed by atoms with Crippen LogP contribution in [0.2, 0.25) is 5.02 Å². The lowest BCUT2D eigenvalue weighted by atomic mass is 10.1. The number of ether oxygens (including phenoxy) is 1. The third-order valence-corrected chi connectivity index (χ3v) is 5.55. The Morgan fingerprint density at radius 2 is 2.21 bits per heavy atom. The number of nitrogens with one attached hydrogen (secondary N) is 3. The van der Waals surface area contributed by atoms with Crippen molar-refractivity contribution in [3.05, 3.63) is 40.7 Å². The van der Waals surface area contributed by atoms with Crippen LogP contribution in [0, 0.1) is 0 Å². The fraction of sp³-hybridized carbons (Fsp3) is 0.450. The van der Waals surface area contributed by atoms with Gasteiger partial charge in [0, 0.05) is 42.9 Å². The van der Waals surface area contributed by atoms with Crippen LogP contribution < -0.4 is 10.6 Å². The van der Waals surface area contributed by atoms with Gasteiger partial charge in [0.1, 0.15) is 29.9 Å². The second kappa shape index (κ2) is 9.18. The molecule has 1 fully saturated rings. The normalized spacial score (nSPS) is 21.4. The lowest BCUT2D eigenvalue weighted by Gasteiger charge is -2.31. The molecule has 2 aliphatic rings. The van der Waals surface area contributed by atoms with Gasteiger partial charge in [-0.2, -0.15) is 13.2 Å². The standard InChI is InChI=1S/C20H21ClF4N6O2/c1-2-33-11-4-15(19(32)29-9-20(23,24)25)31(8-11)18-14(22)7-28-17(30-18)13-6-27-16-12(13)3-10(21)5-26-16/h3,5-6,11,15H,2,4,7-9H2,1H3,(H,26,27)(H,28,30)(H,29,32)/t11?,15-/m1/s1. The molecule has 2 aromatic heterocycles. The summed E-state index contributed by atoms with van der Waals surface area (Å²) in [6.45, 7) is 0.467. The predicted molar refractivity (Wildman–Crippen MR) is 113 cm³/mol. The molecule has 2 aliphatic heterocycles. The van der Waals surface area contributed by atoms with E-state index in [1.165, 1.54) is 11.1 Å². The number of pyridine rings is 1. The van der Waals surface area contributed by atoms with Crippen molar-refractivity contribution in [1.82, 2.24) is 25.5 Å². The second-order valence-electron chi connectivity index (χ2n) is 7.61. The summed E-state index contributed by atoms with van der Waals surface area (Å²) >= 11 is 6.05. The van der Waals surface area contributed by atoms with Crippen molar-refractivity contribution in [3.8, 4) is 0 Å². The average molecular weight is 489 g/mol. The van der Waals surface area contributed by atoms with Crippen molar-refractivity contribution in [2.24, 2.45) is 4.99 Å². The summed E-state index contributed by atoms with van der Waals surface area (Å²) in [5.74, 6) is -1.21. The summed E-state index contributed by atoms with van der Waals surface area (Å²) in [6, 6.07) is 0.637. The zero-order valence-electron chi connectivity index (χ0n) is 17.5. The quantitative estimate of drug-likeness (QED) is 0.544. The van der Waals surface area contributed by atoms with Crippen molar-refractivity contribution in [1.29, 1.82) is 0 Å². The highest BCUT2D eigenvalue weighted by molar-refractivity contribution is 6.31. The maximum atomic E-state index is 14.9. The van der Waals surface area contributed by atoms with Crippen LogP contribution >= 0.6 is 11.6 Å². The van der Waals surface area contributed by atoms with E-state index in [0.717, 1.165) is 0 Å². The first-order chi connectivity index (χ1) is 15.7. The number of amides is 1. The van der Waals surface area contributed by atoms with E-state index in [1.54, 1.807) is 19.2 Å². The van der Waals surface area contributed by atoms with Gasteiger partial charge in [-0.3, -0.25) is 9.79 Å². The monoisotopic (exact) mass is 488 g/mol. The van der Waals surface area contributed by atoms with Gasteiger partial charge in [-0.25, -0.2) is 9.37 Å². The predicted octanol–water partition coefficient (Wildman–Crippen LogP) is 2.86. The highest BCUT2D eigenvalue weighted by Crippen LogP contribution is 2.29. The number of carbonyl (C=O) groups excluding carboxylic acids is 1. The highest BCUT2D eigenvalue weighted by atomic mass is 35.5. The Morgan fingerprint density at radius 3 is 2.94 bits per heavy atom. The molecule has 2 atom stereocenters. The number of aromatic amines is 1. The molecule has 33 heavy (non-hydrogen) atoms. The van der Waals surface area contributed by atoms with Gasteiger partial charge in [0.2, 0.25) is 5.91 Å². The van der Waals surface area contributed by atoms with Gasteiger partial charge in [-0.15, -0.1) is 0 Å². The lowest BCUT2D eigenvalue weighted by molar-refractivity contribution is -0.140. The Balaban J connectivity index is 1.59. The molecule has 13 heteroatoms. The average Bonchev–Trinajstić information content (AvgIpc) is 3.36. The minimum Gasteiger partial charge on any atom is -0.377 e. The van der Waals surface area contributed by atoms with E-state index in [-0.39, 0.29) is 25.3 Å². The summed E-state index contributed by atoms with van der Waals surface area (Å²) in [6.07, 6.45) is -1.77. The molecule has 0 saturated carbocycles. The summed E-state index contributed by atoms with van der Waals surface area (Å²) < 4.78 is 58.3. The number of carbonyl (C=O) groups is 1. The zero-order valence-corrected chi connectivity index (χ0v) is 18.2. The van der Waals surface area contributed by atoms with E-state index < -0.39 is 36.6 Å². The number of hydrogen-bond acceptors (Lipinski definition) is 6. The van der Waals surface area contributed by atoms with Crippen LogP contribution in [0.1, 0.15) is 18.9 Å². The van der Waals surface area contributed by atoms with E-state index in [1.807, 2.05) is 5.32 Å². The molecule has 178 valence electrons. The molecule has 1 saturated heterocycles. The SMILES string of the molecule is CCOC1C[C@H](C(=O)NCC(F)(F)F)N(C2=C(F)CN=C(c3c[nH]c4ncc(Cl)cc34)N2)C1. The summed E-state index contributed by atoms with van der Waals surface area (Å²) in [4.78, 5) is 25.4. The molecule has 0 spiro atoms. The molecular formula is C20H21ClF4N6O2. The van der Waals surface area contributed by atoms with Crippen LogP contribution in [-0.2, 0) is 9.53 Å². The molecule has 4 heterocycles. The van der Waals surface area contributed by atoms with Crippen LogP contribution in [0.5, 0.6) is 0 Å². The molecule has 0 radical (unpaired) electrons. The number of aromatic nitrogens is 2. The smallest absolute Gasteiger partial charge is 0.377 e. The maximum Gasteiger partial charge on any atom is 0.405 e. The highest BCUT2D eigenvalue weighted by Gasteiger charge is 2.41. The Morgan fingerprint density at radius 1 is 1.42 bits per heavy atom. The lowest BCUT2D eigenvalue weighted by Crippen LogP contribution is -2.49. The molecule has 8 nitrogen and oxygen atoms in total. The molecule has 2 aromatic rings. The number of hydrogen-bond donors (Lipinski definition) is 3. The number of amidine groups is 1. The summed E-state index contributed by atoms with van der Waals surface area (Å²) in [7, 11) is 0. The molecule has 0 aliphatic carbocycles. The number of likely N-dealkylation sites (tertiary alicyclic amines) is 1. The number of rotatable bonds is 6. The largest absolute Gasteiger partial charge is 0.405 e. The number of halogens is 5. The van der Waals surface area contributed by atoms with Crippen molar-refractivity contribution in [3.63, 3.8) is 0 Å². The first-order valence-electron chi connectivity index (χ1n) is 10.2. The Hall–Kier alpha value is -2.86. The fourth-order valence-corrected chi connectivity index (χ4v) is 4.11. The van der Waals surface area contributed by atoms with E-state index >= 15 is 0 Å². The minimum atomic E-state index is -4.56. The Kier molecular flexibility index (Phi) is 6.48. The van der Waals surface area contributed by atoms with Crippen molar-refractivity contribution in [2.45, 2.75) is 31.7 Å². The van der Waals surface area contributed by atoms with E-state index in [2.05, 4.69) is 20.3 Å². The van der Waals surface area contributed by atoms with Crippen molar-refractivity contribution >= 4 is 34.4 Å². The van der Waals surface area contributed by atoms with Crippen molar-refractivity contribution < 1.29 is 27.1 Å². The molecule has 4 rings (SSSR count). The summed E-state index contributed by atoms with van der Waals surface area (Å²) in [5, 5.41) is 5.86. The van der Waals surface area contributed by atoms with E-state index in [9.17, 15) is 22.4 Å². The van der Waals surface area contributed by atoms with Gasteiger partial charge in [0.15, 0.2) is 5.83 Å². The molecular weight excluding hydrogens is 468 g/mol. The van der Waals surface area contributed by atoms with Gasteiger partial charge < -0.3 is 25.3 Å². The first-order valence-corrected chi connectivity index (χ1v) is 10.6. The Bertz CT molecular complexity index is 1120. The van der Waals surface area contributed by atoms with Crippen LogP contribution in [0.15, 0.2) is 35.1 Å². The third-order valence-electron chi connectivity index (χ3n) is 5.34. The van der Waals surface area contributed by atoms with Gasteiger partial charge in [0.25, 0.3) is 0 Å². The van der Waals surface area contributed by atoms with E-state index in [0.29, 0.717) is 34.1 Å². The molecule has 1 unspecified atom stereocenters. The molecule has 0 bridgehead atoms. The number of fused-ring (bicyclic) bond motifs is 1. The maximum absolute atomic E-state index is 14.9. The first kappa shape index (κ1) is 23.3. The number of alkyl halides is 3. The number of H-pyrrole nitrogens is 1. The second-order valence-corrected chi connectivity index (χ2v) is 8.05. The van der Waals surface area contributed by atoms with Gasteiger partial charge in [-0.05, 0) is 13.0 Å². The summed E-state index contributed by atoms with van der Waals surface area (Å²) in [5.41, 5.74) is 1.14. The van der Waals surface area contributed by atoms with Crippen LogP contribution in [0.25, 0.3) is 11.0 Å². The molecule has 1 amide bonds. The molecule has 0 aromatic carbocycles. The van der Waals surface area contributed by atoms with Crippen LogP contribution in [0.4, 0.5) is 17.6 Å². The van der Waals surface area contributed by atoms with Gasteiger partial charge in [0.05, 0.1) is 17.7 Å². The number of nitrogens with zero attached hydrogens (tertiary/aromatic N) is 3. The topological polar surface area (TPSA) is 94.6 Å².